The van der Waals surface area contributed by atoms with Crippen LogP contribution in [0.15, 0.2) is 29.3 Å². The van der Waals surface area contributed by atoms with Crippen molar-refractivity contribution in [2.75, 3.05) is 38.8 Å². The highest BCUT2D eigenvalue weighted by molar-refractivity contribution is 7.91. The van der Waals surface area contributed by atoms with E-state index in [1.165, 1.54) is 0 Å². The molecule has 156 valence electrons. The molecule has 0 spiro atoms. The van der Waals surface area contributed by atoms with Gasteiger partial charge in [0.1, 0.15) is 5.75 Å². The van der Waals surface area contributed by atoms with Gasteiger partial charge in [0.25, 0.3) is 0 Å². The van der Waals surface area contributed by atoms with Crippen LogP contribution in [-0.4, -0.2) is 70.0 Å². The Labute approximate surface area is 167 Å². The van der Waals surface area contributed by atoms with Crippen LogP contribution in [0.25, 0.3) is 0 Å². The highest BCUT2D eigenvalue weighted by Crippen LogP contribution is 2.18. The molecule has 0 saturated carbocycles. The molecule has 0 aliphatic carbocycles. The maximum atomic E-state index is 12.1. The lowest BCUT2D eigenvalue weighted by molar-refractivity contribution is -0.121. The third kappa shape index (κ3) is 6.70. The molecule has 1 fully saturated rings. The van der Waals surface area contributed by atoms with Crippen molar-refractivity contribution in [2.45, 2.75) is 32.4 Å². The van der Waals surface area contributed by atoms with Crippen molar-refractivity contribution >= 4 is 21.7 Å². The molecule has 28 heavy (non-hydrogen) atoms. The lowest BCUT2D eigenvalue weighted by Crippen LogP contribution is -2.39. The highest BCUT2D eigenvalue weighted by Gasteiger charge is 2.28. The average Bonchev–Trinajstić information content (AvgIpc) is 2.99. The van der Waals surface area contributed by atoms with Gasteiger partial charge in [-0.05, 0) is 19.4 Å². The van der Waals surface area contributed by atoms with Gasteiger partial charge >= 0.3 is 0 Å². The minimum atomic E-state index is -3.00. The van der Waals surface area contributed by atoms with Crippen molar-refractivity contribution in [3.05, 3.63) is 29.8 Å². The lowest BCUT2D eigenvalue weighted by atomic mass is 10.2. The van der Waals surface area contributed by atoms with Gasteiger partial charge in [0.15, 0.2) is 15.8 Å². The Morgan fingerprint density at radius 2 is 2.11 bits per heavy atom. The number of nitrogens with zero attached hydrogens (tertiary/aromatic N) is 2. The summed E-state index contributed by atoms with van der Waals surface area (Å²) in [5.74, 6) is 1.52. The second-order valence-electron chi connectivity index (χ2n) is 6.82. The fourth-order valence-corrected chi connectivity index (χ4v) is 4.78. The molecule has 0 bridgehead atoms. The summed E-state index contributed by atoms with van der Waals surface area (Å²) < 4.78 is 28.3. The fourth-order valence-electron chi connectivity index (χ4n) is 3.11. The SMILES string of the molecule is CCNC(=NCCC(=O)NC1CCS(=O)(=O)C1)N(C)Cc1ccccc1OC. The van der Waals surface area contributed by atoms with E-state index in [1.54, 1.807) is 7.11 Å². The molecule has 1 aromatic rings. The number of hydrogen-bond donors (Lipinski definition) is 2. The zero-order valence-electron chi connectivity index (χ0n) is 16.8. The number of carbonyl (C=O) groups excluding carboxylic acids is 1. The quantitative estimate of drug-likeness (QED) is 0.485. The van der Waals surface area contributed by atoms with Crippen LogP contribution in [0.3, 0.4) is 0 Å². The number of sulfone groups is 1. The summed E-state index contributed by atoms with van der Waals surface area (Å²) in [6.45, 7) is 3.63. The Morgan fingerprint density at radius 1 is 1.36 bits per heavy atom. The van der Waals surface area contributed by atoms with E-state index in [2.05, 4.69) is 15.6 Å². The van der Waals surface area contributed by atoms with Crippen LogP contribution in [-0.2, 0) is 21.2 Å². The summed E-state index contributed by atoms with van der Waals surface area (Å²) in [6.07, 6.45) is 0.704. The van der Waals surface area contributed by atoms with Crippen LogP contribution in [0, 0.1) is 0 Å². The zero-order chi connectivity index (χ0) is 20.6. The first-order chi connectivity index (χ1) is 13.3. The molecule has 1 aliphatic heterocycles. The minimum absolute atomic E-state index is 0.0340. The molecule has 1 atom stereocenters. The van der Waals surface area contributed by atoms with Gasteiger partial charge in [-0.15, -0.1) is 0 Å². The predicted molar refractivity (Wildman–Crippen MR) is 110 cm³/mol. The standard InChI is InChI=1S/C19H30N4O4S/c1-4-20-19(23(2)13-15-7-5-6-8-17(15)27-3)21-11-9-18(24)22-16-10-12-28(25,26)14-16/h5-8,16H,4,9-14H2,1-3H3,(H,20,21)(H,22,24). The molecule has 1 aliphatic rings. The number of benzene rings is 1. The van der Waals surface area contributed by atoms with Crippen molar-refractivity contribution in [1.29, 1.82) is 0 Å². The molecule has 1 amide bonds. The van der Waals surface area contributed by atoms with E-state index < -0.39 is 9.84 Å². The van der Waals surface area contributed by atoms with Crippen LogP contribution < -0.4 is 15.4 Å². The molecule has 9 heteroatoms. The zero-order valence-corrected chi connectivity index (χ0v) is 17.6. The van der Waals surface area contributed by atoms with Crippen LogP contribution in [0.2, 0.25) is 0 Å². The largest absolute Gasteiger partial charge is 0.496 e. The van der Waals surface area contributed by atoms with Gasteiger partial charge < -0.3 is 20.3 Å². The summed E-state index contributed by atoms with van der Waals surface area (Å²) in [5.41, 5.74) is 1.04. The van der Waals surface area contributed by atoms with Gasteiger partial charge in [0.05, 0.1) is 25.2 Å². The van der Waals surface area contributed by atoms with E-state index in [9.17, 15) is 13.2 Å². The van der Waals surface area contributed by atoms with Gasteiger partial charge in [0, 0.05) is 38.2 Å². The normalized spacial score (nSPS) is 18.5. The number of para-hydroxylation sites is 1. The molecular formula is C19H30N4O4S. The van der Waals surface area contributed by atoms with Crippen molar-refractivity contribution in [2.24, 2.45) is 4.99 Å². The maximum absolute atomic E-state index is 12.1. The van der Waals surface area contributed by atoms with Gasteiger partial charge in [-0.1, -0.05) is 18.2 Å². The van der Waals surface area contributed by atoms with E-state index >= 15 is 0 Å². The van der Waals surface area contributed by atoms with Crippen molar-refractivity contribution in [3.8, 4) is 5.75 Å². The van der Waals surface area contributed by atoms with Crippen molar-refractivity contribution in [1.82, 2.24) is 15.5 Å². The number of methoxy groups -OCH3 is 1. The first-order valence-corrected chi connectivity index (χ1v) is 11.3. The Bertz CT molecular complexity index is 795. The van der Waals surface area contributed by atoms with Crippen LogP contribution >= 0.6 is 0 Å². The smallest absolute Gasteiger partial charge is 0.222 e. The summed E-state index contributed by atoms with van der Waals surface area (Å²) in [7, 11) is 0.575. The first kappa shape index (κ1) is 22.0. The number of rotatable bonds is 8. The molecule has 2 rings (SSSR count). The maximum Gasteiger partial charge on any atom is 0.222 e. The number of nitrogens with one attached hydrogen (secondary N) is 2. The average molecular weight is 411 g/mol. The Balaban J connectivity index is 1.89. The van der Waals surface area contributed by atoms with Crippen LogP contribution in [0.5, 0.6) is 5.75 Å². The Kier molecular flexibility index (Phi) is 8.10. The Morgan fingerprint density at radius 3 is 2.75 bits per heavy atom. The monoisotopic (exact) mass is 410 g/mol. The molecule has 1 saturated heterocycles. The second-order valence-corrected chi connectivity index (χ2v) is 9.05. The highest BCUT2D eigenvalue weighted by atomic mass is 32.2. The van der Waals surface area contributed by atoms with E-state index in [1.807, 2.05) is 43.1 Å². The van der Waals surface area contributed by atoms with Crippen LogP contribution in [0.4, 0.5) is 0 Å². The van der Waals surface area contributed by atoms with E-state index in [0.29, 0.717) is 32.0 Å². The lowest BCUT2D eigenvalue weighted by Gasteiger charge is -2.23. The minimum Gasteiger partial charge on any atom is -0.496 e. The van der Waals surface area contributed by atoms with Gasteiger partial charge in [-0.2, -0.15) is 0 Å². The molecule has 2 N–H and O–H groups in total. The molecule has 0 aromatic heterocycles. The van der Waals surface area contributed by atoms with Crippen LogP contribution in [0.1, 0.15) is 25.3 Å². The summed E-state index contributed by atoms with van der Waals surface area (Å²) in [5, 5.41) is 6.01. The van der Waals surface area contributed by atoms with Gasteiger partial charge in [-0.25, -0.2) is 8.42 Å². The number of hydrogen-bond acceptors (Lipinski definition) is 5. The molecule has 8 nitrogen and oxygen atoms in total. The van der Waals surface area contributed by atoms with E-state index in [0.717, 1.165) is 11.3 Å². The molecule has 0 radical (unpaired) electrons. The summed E-state index contributed by atoms with van der Waals surface area (Å²) in [6, 6.07) is 7.53. The number of ether oxygens (including phenoxy) is 1. The molecule has 1 heterocycles. The summed E-state index contributed by atoms with van der Waals surface area (Å²) in [4.78, 5) is 18.6. The molecule has 1 unspecified atom stereocenters. The molecular weight excluding hydrogens is 380 g/mol. The first-order valence-electron chi connectivity index (χ1n) is 9.45. The van der Waals surface area contributed by atoms with E-state index in [-0.39, 0.29) is 29.9 Å². The third-order valence-corrected chi connectivity index (χ3v) is 6.26. The molecule has 1 aromatic carbocycles. The third-order valence-electron chi connectivity index (χ3n) is 4.49. The van der Waals surface area contributed by atoms with E-state index in [4.69, 9.17) is 4.74 Å². The van der Waals surface area contributed by atoms with Crippen molar-refractivity contribution in [3.63, 3.8) is 0 Å². The predicted octanol–water partition coefficient (Wildman–Crippen LogP) is 0.786. The number of guanidine groups is 1. The van der Waals surface area contributed by atoms with Gasteiger partial charge in [0.2, 0.25) is 5.91 Å². The second kappa shape index (κ2) is 10.3. The van der Waals surface area contributed by atoms with Gasteiger partial charge in [-0.3, -0.25) is 9.79 Å². The topological polar surface area (TPSA) is 100 Å². The Hall–Kier alpha value is -2.29. The fraction of sp³-hybridized carbons (Fsp3) is 0.579. The summed E-state index contributed by atoms with van der Waals surface area (Å²) >= 11 is 0. The number of carbonyl (C=O) groups is 1. The van der Waals surface area contributed by atoms with Crippen molar-refractivity contribution < 1.29 is 17.9 Å². The number of amides is 1. The number of aliphatic imine (C=N–C) groups is 1.